The molecule has 0 aliphatic carbocycles. The summed E-state index contributed by atoms with van der Waals surface area (Å²) in [6, 6.07) is 0. The van der Waals surface area contributed by atoms with E-state index in [0.29, 0.717) is 0 Å². The number of thioether (sulfide) groups is 1. The summed E-state index contributed by atoms with van der Waals surface area (Å²) in [4.78, 5) is 11.5. The fraction of sp³-hybridized carbons (Fsp3) is 0.375. The van der Waals surface area contributed by atoms with Crippen molar-refractivity contribution in [2.75, 3.05) is 0 Å². The van der Waals surface area contributed by atoms with E-state index in [1.807, 2.05) is 13.8 Å². The minimum absolute atomic E-state index is 0.0868. The summed E-state index contributed by atoms with van der Waals surface area (Å²) < 4.78 is 22.3. The Morgan fingerprint density at radius 3 is 2.43 bits per heavy atom. The van der Waals surface area contributed by atoms with E-state index in [1.165, 1.54) is 6.08 Å². The van der Waals surface area contributed by atoms with Crippen molar-refractivity contribution in [3.8, 4) is 0 Å². The van der Waals surface area contributed by atoms with Crippen LogP contribution >= 0.6 is 11.8 Å². The Morgan fingerprint density at radius 2 is 2.07 bits per heavy atom. The van der Waals surface area contributed by atoms with E-state index in [9.17, 15) is 13.2 Å². The molecule has 0 atom stereocenters. The number of carbonyl (C=O) groups is 1. The van der Waals surface area contributed by atoms with Crippen LogP contribution in [0, 0.1) is 0 Å². The minimum atomic E-state index is -3.51. The quantitative estimate of drug-likeness (QED) is 0.762. The lowest BCUT2D eigenvalue weighted by molar-refractivity contribution is -0.107. The molecule has 6 heteroatoms. The maximum absolute atomic E-state index is 11.5. The number of nitrogens with two attached hydrogens (primary N) is 1. The zero-order valence-electron chi connectivity index (χ0n) is 7.85. The summed E-state index contributed by atoms with van der Waals surface area (Å²) in [5, 5.41) is 0.432. The lowest BCUT2D eigenvalue weighted by atomic mass is 10.3. The van der Waals surface area contributed by atoms with Crippen LogP contribution in [0.4, 0.5) is 0 Å². The average Bonchev–Trinajstić information content (AvgIpc) is 2.26. The van der Waals surface area contributed by atoms with Crippen molar-refractivity contribution >= 4 is 26.7 Å². The molecule has 1 aliphatic rings. The Bertz CT molecular complexity index is 418. The number of allylic oxidation sites excluding steroid dienone is 1. The Balaban J connectivity index is 2.97. The topological polar surface area (TPSA) is 77.2 Å². The first kappa shape index (κ1) is 11.3. The predicted octanol–water partition coefficient (Wildman–Crippen LogP) is 0.767. The van der Waals surface area contributed by atoms with Gasteiger partial charge in [-0.15, -0.1) is 0 Å². The van der Waals surface area contributed by atoms with Crippen molar-refractivity contribution in [3.63, 3.8) is 0 Å². The third kappa shape index (κ3) is 2.19. The molecule has 1 rings (SSSR count). The van der Waals surface area contributed by atoms with Gasteiger partial charge in [-0.2, -0.15) is 0 Å². The molecule has 0 aromatic heterocycles. The van der Waals surface area contributed by atoms with Crippen LogP contribution < -0.4 is 5.73 Å². The SMILES string of the molecule is CC(C)SC(=O)C1=C(N)S(=O)(=O)C=C1. The van der Waals surface area contributed by atoms with E-state index in [1.54, 1.807) is 0 Å². The lowest BCUT2D eigenvalue weighted by Gasteiger charge is -2.03. The van der Waals surface area contributed by atoms with Crippen molar-refractivity contribution in [2.45, 2.75) is 19.1 Å². The van der Waals surface area contributed by atoms with Crippen LogP contribution in [0.25, 0.3) is 0 Å². The van der Waals surface area contributed by atoms with Crippen molar-refractivity contribution in [3.05, 3.63) is 22.1 Å². The Morgan fingerprint density at radius 1 is 1.50 bits per heavy atom. The monoisotopic (exact) mass is 233 g/mol. The van der Waals surface area contributed by atoms with E-state index < -0.39 is 9.84 Å². The number of hydrogen-bond donors (Lipinski definition) is 1. The minimum Gasteiger partial charge on any atom is -0.389 e. The molecule has 0 saturated carbocycles. The van der Waals surface area contributed by atoms with Crippen LogP contribution in [-0.4, -0.2) is 18.8 Å². The highest BCUT2D eigenvalue weighted by molar-refractivity contribution is 8.14. The second-order valence-corrected chi connectivity index (χ2v) is 6.43. The molecular weight excluding hydrogens is 222 g/mol. The molecule has 0 saturated heterocycles. The van der Waals surface area contributed by atoms with Crippen LogP contribution in [-0.2, 0) is 14.6 Å². The predicted molar refractivity (Wildman–Crippen MR) is 57.0 cm³/mol. The van der Waals surface area contributed by atoms with Crippen LogP contribution in [0.15, 0.2) is 22.1 Å². The third-order valence-corrected chi connectivity index (χ3v) is 3.78. The molecule has 0 unspecified atom stereocenters. The van der Waals surface area contributed by atoms with E-state index in [4.69, 9.17) is 5.73 Å². The molecule has 1 aliphatic heterocycles. The lowest BCUT2D eigenvalue weighted by Crippen LogP contribution is -2.11. The van der Waals surface area contributed by atoms with Gasteiger partial charge in [-0.3, -0.25) is 4.79 Å². The zero-order chi connectivity index (χ0) is 10.9. The smallest absolute Gasteiger partial charge is 0.222 e. The van der Waals surface area contributed by atoms with Gasteiger partial charge in [-0.05, 0) is 6.08 Å². The van der Waals surface area contributed by atoms with E-state index in [-0.39, 0.29) is 21.0 Å². The van der Waals surface area contributed by atoms with Gasteiger partial charge < -0.3 is 5.73 Å². The molecule has 14 heavy (non-hydrogen) atoms. The van der Waals surface area contributed by atoms with E-state index in [0.717, 1.165) is 17.2 Å². The van der Waals surface area contributed by atoms with Crippen molar-refractivity contribution < 1.29 is 13.2 Å². The standard InChI is InChI=1S/C8H11NO3S2/c1-5(2)13-8(10)6-3-4-14(11,12)7(6)9/h3-5H,9H2,1-2H3. The molecule has 0 aromatic carbocycles. The molecule has 4 nitrogen and oxygen atoms in total. The molecule has 0 amide bonds. The van der Waals surface area contributed by atoms with Crippen LogP contribution in [0.5, 0.6) is 0 Å². The van der Waals surface area contributed by atoms with E-state index in [2.05, 4.69) is 0 Å². The van der Waals surface area contributed by atoms with Crippen molar-refractivity contribution in [1.29, 1.82) is 0 Å². The molecule has 2 N–H and O–H groups in total. The van der Waals surface area contributed by atoms with Crippen LogP contribution in [0.2, 0.25) is 0 Å². The Kier molecular flexibility index (Phi) is 3.06. The first-order valence-electron chi connectivity index (χ1n) is 3.98. The van der Waals surface area contributed by atoms with Gasteiger partial charge in [0.05, 0.1) is 5.57 Å². The van der Waals surface area contributed by atoms with Gasteiger partial charge in [0.25, 0.3) is 0 Å². The second kappa shape index (κ2) is 3.78. The van der Waals surface area contributed by atoms with Crippen molar-refractivity contribution in [1.82, 2.24) is 0 Å². The van der Waals surface area contributed by atoms with Crippen molar-refractivity contribution in [2.24, 2.45) is 5.73 Å². The molecule has 1 heterocycles. The fourth-order valence-corrected chi connectivity index (χ4v) is 2.64. The fourth-order valence-electron chi connectivity index (χ4n) is 0.913. The van der Waals surface area contributed by atoms with Gasteiger partial charge >= 0.3 is 0 Å². The van der Waals surface area contributed by atoms with Gasteiger partial charge in [0.1, 0.15) is 5.03 Å². The second-order valence-electron chi connectivity index (χ2n) is 3.08. The summed E-state index contributed by atoms with van der Waals surface area (Å²) in [6.45, 7) is 3.71. The Hall–Kier alpha value is -0.750. The molecule has 78 valence electrons. The zero-order valence-corrected chi connectivity index (χ0v) is 9.48. The largest absolute Gasteiger partial charge is 0.389 e. The molecular formula is C8H11NO3S2. The van der Waals surface area contributed by atoms with E-state index >= 15 is 0 Å². The molecule has 0 aromatic rings. The first-order chi connectivity index (χ1) is 6.34. The summed E-state index contributed by atoms with van der Waals surface area (Å²) in [5.41, 5.74) is 5.42. The van der Waals surface area contributed by atoms with Gasteiger partial charge in [-0.25, -0.2) is 8.42 Å². The molecule has 0 bridgehead atoms. The maximum atomic E-state index is 11.5. The number of sulfone groups is 1. The van der Waals surface area contributed by atoms with Gasteiger partial charge in [0, 0.05) is 10.7 Å². The van der Waals surface area contributed by atoms with Gasteiger partial charge in [0.15, 0.2) is 0 Å². The van der Waals surface area contributed by atoms with Gasteiger partial charge in [-0.1, -0.05) is 25.6 Å². The van der Waals surface area contributed by atoms with Crippen LogP contribution in [0.3, 0.4) is 0 Å². The maximum Gasteiger partial charge on any atom is 0.222 e. The first-order valence-corrected chi connectivity index (χ1v) is 6.41. The summed E-state index contributed by atoms with van der Waals surface area (Å²) in [6.07, 6.45) is 1.25. The van der Waals surface area contributed by atoms with Gasteiger partial charge in [0.2, 0.25) is 15.0 Å². The highest BCUT2D eigenvalue weighted by atomic mass is 32.2. The highest BCUT2D eigenvalue weighted by Crippen LogP contribution is 2.25. The molecule has 0 spiro atoms. The highest BCUT2D eigenvalue weighted by Gasteiger charge is 2.26. The number of carbonyl (C=O) groups excluding carboxylic acids is 1. The summed E-state index contributed by atoms with van der Waals surface area (Å²) in [7, 11) is -3.51. The summed E-state index contributed by atoms with van der Waals surface area (Å²) in [5.74, 6) is 0. The average molecular weight is 233 g/mol. The Labute approximate surface area is 87.2 Å². The summed E-state index contributed by atoms with van der Waals surface area (Å²) >= 11 is 1.06. The molecule has 0 radical (unpaired) electrons. The number of rotatable bonds is 2. The van der Waals surface area contributed by atoms with Crippen LogP contribution in [0.1, 0.15) is 13.8 Å². The normalized spacial score (nSPS) is 19.4. The number of hydrogen-bond acceptors (Lipinski definition) is 5. The molecule has 0 fully saturated rings. The third-order valence-electron chi connectivity index (χ3n) is 1.55.